The van der Waals surface area contributed by atoms with Gasteiger partial charge in [0.05, 0.1) is 5.56 Å². The predicted molar refractivity (Wildman–Crippen MR) is 77.3 cm³/mol. The Hall–Kier alpha value is -2.55. The van der Waals surface area contributed by atoms with Crippen LogP contribution in [0.15, 0.2) is 48.5 Å². The summed E-state index contributed by atoms with van der Waals surface area (Å²) >= 11 is 0. The van der Waals surface area contributed by atoms with E-state index < -0.39 is 0 Å². The molecule has 3 rings (SSSR count). The number of carbonyl (C=O) groups is 1. The van der Waals surface area contributed by atoms with Gasteiger partial charge in [0, 0.05) is 27.8 Å². The Morgan fingerprint density at radius 1 is 1.05 bits per heavy atom. The summed E-state index contributed by atoms with van der Waals surface area (Å²) in [4.78, 5) is 15.9. The number of rotatable bonds is 2. The topological polar surface area (TPSA) is 58.9 Å². The molecule has 0 radical (unpaired) electrons. The van der Waals surface area contributed by atoms with Gasteiger partial charge in [-0.1, -0.05) is 30.3 Å². The van der Waals surface area contributed by atoms with Crippen LogP contribution in [-0.4, -0.2) is 10.8 Å². The molecule has 3 heteroatoms. The number of aromatic amines is 1. The molecule has 0 aliphatic heterocycles. The number of fused-ring (bicyclic) bond motifs is 1. The summed E-state index contributed by atoms with van der Waals surface area (Å²) in [5, 5.41) is 0.938. The van der Waals surface area contributed by atoms with Gasteiger partial charge in [0.1, 0.15) is 0 Å². The number of nitrogens with one attached hydrogen (secondary N) is 1. The van der Waals surface area contributed by atoms with Crippen LogP contribution >= 0.6 is 0 Å². The SMILES string of the molecule is Cc1[nH]c2ccccc2c1C(=O)c1ccccc1N. The average molecular weight is 250 g/mol. The maximum Gasteiger partial charge on any atom is 0.197 e. The Morgan fingerprint density at radius 3 is 2.53 bits per heavy atom. The van der Waals surface area contributed by atoms with Crippen LogP contribution in [0.1, 0.15) is 21.6 Å². The summed E-state index contributed by atoms with van der Waals surface area (Å²) < 4.78 is 0. The van der Waals surface area contributed by atoms with Gasteiger partial charge in [0.2, 0.25) is 0 Å². The number of nitrogen functional groups attached to an aromatic ring is 1. The normalized spacial score (nSPS) is 10.8. The van der Waals surface area contributed by atoms with Gasteiger partial charge >= 0.3 is 0 Å². The lowest BCUT2D eigenvalue weighted by atomic mass is 9.99. The number of hydrogen-bond donors (Lipinski definition) is 2. The number of anilines is 1. The first-order valence-electron chi connectivity index (χ1n) is 6.15. The molecule has 1 heterocycles. The zero-order chi connectivity index (χ0) is 13.4. The number of hydrogen-bond acceptors (Lipinski definition) is 2. The van der Waals surface area contributed by atoms with Crippen molar-refractivity contribution in [1.82, 2.24) is 4.98 Å². The summed E-state index contributed by atoms with van der Waals surface area (Å²) in [6.45, 7) is 1.91. The van der Waals surface area contributed by atoms with Crippen LogP contribution in [0.3, 0.4) is 0 Å². The molecule has 0 saturated carbocycles. The summed E-state index contributed by atoms with van der Waals surface area (Å²) in [7, 11) is 0. The molecule has 1 aromatic heterocycles. The summed E-state index contributed by atoms with van der Waals surface area (Å²) in [5.74, 6) is -0.0342. The Morgan fingerprint density at radius 2 is 1.74 bits per heavy atom. The van der Waals surface area contributed by atoms with Crippen molar-refractivity contribution in [3.8, 4) is 0 Å². The van der Waals surface area contributed by atoms with Crippen molar-refractivity contribution in [1.29, 1.82) is 0 Å². The second-order valence-corrected chi connectivity index (χ2v) is 4.59. The minimum atomic E-state index is -0.0342. The molecule has 2 aromatic carbocycles. The third-order valence-electron chi connectivity index (χ3n) is 3.33. The quantitative estimate of drug-likeness (QED) is 0.541. The fourth-order valence-electron chi connectivity index (χ4n) is 2.41. The Kier molecular flexibility index (Phi) is 2.60. The molecular weight excluding hydrogens is 236 g/mol. The van der Waals surface area contributed by atoms with Crippen molar-refractivity contribution in [2.75, 3.05) is 5.73 Å². The lowest BCUT2D eigenvalue weighted by Gasteiger charge is -2.04. The first-order chi connectivity index (χ1) is 9.18. The zero-order valence-electron chi connectivity index (χ0n) is 10.6. The zero-order valence-corrected chi connectivity index (χ0v) is 10.6. The highest BCUT2D eigenvalue weighted by Gasteiger charge is 2.18. The molecule has 0 aliphatic carbocycles. The van der Waals surface area contributed by atoms with Crippen molar-refractivity contribution in [3.63, 3.8) is 0 Å². The molecule has 0 spiro atoms. The standard InChI is InChI=1S/C16H14N2O/c1-10-15(12-7-3-5-9-14(12)18-10)16(19)11-6-2-4-8-13(11)17/h2-9,18H,17H2,1H3. The van der Waals surface area contributed by atoms with Crippen molar-refractivity contribution in [2.45, 2.75) is 6.92 Å². The van der Waals surface area contributed by atoms with Crippen LogP contribution in [0.5, 0.6) is 0 Å². The minimum Gasteiger partial charge on any atom is -0.398 e. The highest BCUT2D eigenvalue weighted by molar-refractivity contribution is 6.19. The Bertz CT molecular complexity index is 771. The molecule has 0 saturated heterocycles. The number of aromatic nitrogens is 1. The number of aryl methyl sites for hydroxylation is 1. The van der Waals surface area contributed by atoms with Crippen molar-refractivity contribution >= 4 is 22.4 Å². The van der Waals surface area contributed by atoms with Gasteiger partial charge in [-0.15, -0.1) is 0 Å². The number of nitrogens with two attached hydrogens (primary N) is 1. The first-order valence-corrected chi connectivity index (χ1v) is 6.15. The third kappa shape index (κ3) is 1.80. The van der Waals surface area contributed by atoms with Crippen LogP contribution in [0.4, 0.5) is 5.69 Å². The van der Waals surface area contributed by atoms with E-state index in [0.717, 1.165) is 16.6 Å². The Labute approximate surface area is 111 Å². The van der Waals surface area contributed by atoms with Gasteiger partial charge < -0.3 is 10.7 Å². The monoisotopic (exact) mass is 250 g/mol. The third-order valence-corrected chi connectivity index (χ3v) is 3.33. The number of carbonyl (C=O) groups excluding carboxylic acids is 1. The molecule has 3 nitrogen and oxygen atoms in total. The van der Waals surface area contributed by atoms with E-state index in [4.69, 9.17) is 5.73 Å². The van der Waals surface area contributed by atoms with E-state index in [0.29, 0.717) is 16.8 Å². The smallest absolute Gasteiger partial charge is 0.197 e. The van der Waals surface area contributed by atoms with Crippen LogP contribution in [0.2, 0.25) is 0 Å². The van der Waals surface area contributed by atoms with Gasteiger partial charge in [0.25, 0.3) is 0 Å². The van der Waals surface area contributed by atoms with Gasteiger partial charge in [-0.05, 0) is 25.1 Å². The fourth-order valence-corrected chi connectivity index (χ4v) is 2.41. The van der Waals surface area contributed by atoms with E-state index in [1.165, 1.54) is 0 Å². The molecule has 0 bridgehead atoms. The number of ketones is 1. The van der Waals surface area contributed by atoms with Crippen molar-refractivity contribution < 1.29 is 4.79 Å². The van der Waals surface area contributed by atoms with E-state index in [9.17, 15) is 4.79 Å². The molecule has 0 amide bonds. The molecule has 0 aliphatic rings. The van der Waals surface area contributed by atoms with Crippen molar-refractivity contribution in [2.24, 2.45) is 0 Å². The van der Waals surface area contributed by atoms with E-state index in [1.54, 1.807) is 12.1 Å². The number of benzene rings is 2. The van der Waals surface area contributed by atoms with Crippen LogP contribution in [0, 0.1) is 6.92 Å². The van der Waals surface area contributed by atoms with Crippen molar-refractivity contribution in [3.05, 3.63) is 65.4 Å². The lowest BCUT2D eigenvalue weighted by molar-refractivity contribution is 0.104. The molecule has 3 aromatic rings. The molecule has 0 unspecified atom stereocenters. The number of para-hydroxylation sites is 2. The second-order valence-electron chi connectivity index (χ2n) is 4.59. The van der Waals surface area contributed by atoms with Crippen LogP contribution in [-0.2, 0) is 0 Å². The fraction of sp³-hybridized carbons (Fsp3) is 0.0625. The molecule has 0 fully saturated rings. The van der Waals surface area contributed by atoms with E-state index in [2.05, 4.69) is 4.98 Å². The summed E-state index contributed by atoms with van der Waals surface area (Å²) in [6, 6.07) is 15.0. The maximum atomic E-state index is 12.7. The van der Waals surface area contributed by atoms with E-state index in [1.807, 2.05) is 43.3 Å². The summed E-state index contributed by atoms with van der Waals surface area (Å²) in [6.07, 6.45) is 0. The van der Waals surface area contributed by atoms with Gasteiger partial charge in [-0.25, -0.2) is 0 Å². The second kappa shape index (κ2) is 4.28. The van der Waals surface area contributed by atoms with Gasteiger partial charge in [-0.2, -0.15) is 0 Å². The van der Waals surface area contributed by atoms with Crippen LogP contribution in [0.25, 0.3) is 10.9 Å². The summed E-state index contributed by atoms with van der Waals surface area (Å²) in [5.41, 5.74) is 9.50. The number of H-pyrrole nitrogens is 1. The van der Waals surface area contributed by atoms with Gasteiger partial charge in [-0.3, -0.25) is 4.79 Å². The van der Waals surface area contributed by atoms with E-state index >= 15 is 0 Å². The highest BCUT2D eigenvalue weighted by atomic mass is 16.1. The largest absolute Gasteiger partial charge is 0.398 e. The molecule has 94 valence electrons. The molecular formula is C16H14N2O. The van der Waals surface area contributed by atoms with E-state index in [-0.39, 0.29) is 5.78 Å². The Balaban J connectivity index is 2.23. The first kappa shape index (κ1) is 11.5. The average Bonchev–Trinajstić information content (AvgIpc) is 2.74. The highest BCUT2D eigenvalue weighted by Crippen LogP contribution is 2.26. The minimum absolute atomic E-state index is 0.0342. The molecule has 0 atom stereocenters. The van der Waals surface area contributed by atoms with Gasteiger partial charge in [0.15, 0.2) is 5.78 Å². The molecule has 3 N–H and O–H groups in total. The molecule has 19 heavy (non-hydrogen) atoms. The lowest BCUT2D eigenvalue weighted by Crippen LogP contribution is -2.06. The predicted octanol–water partition coefficient (Wildman–Crippen LogP) is 3.29. The van der Waals surface area contributed by atoms with Crippen LogP contribution < -0.4 is 5.73 Å². The maximum absolute atomic E-state index is 12.7.